The van der Waals surface area contributed by atoms with Crippen molar-refractivity contribution < 1.29 is 26.0 Å². The van der Waals surface area contributed by atoms with Crippen molar-refractivity contribution in [1.29, 1.82) is 0 Å². The van der Waals surface area contributed by atoms with Gasteiger partial charge in [0.1, 0.15) is 5.82 Å². The monoisotopic (exact) mass is 516 g/mol. The van der Waals surface area contributed by atoms with E-state index in [2.05, 4.69) is 10.3 Å². The van der Waals surface area contributed by atoms with Gasteiger partial charge >= 0.3 is 6.18 Å². The van der Waals surface area contributed by atoms with Crippen molar-refractivity contribution in [2.24, 2.45) is 7.05 Å². The summed E-state index contributed by atoms with van der Waals surface area (Å²) < 4.78 is 81.3. The standard InChI is InChI=1S/C22H21ClF4N4O2S/c1-30-12-21(29-13-30)34(32,33)31-10-18(14-3-6-17(24)7-4-14)20(11-31)28-9-15-2-5-16(8-19(15)23)22(25,26)27/h2-8,12-13,18,20,28H,9-11H2,1H3/t18-,20+/m1/s1. The molecule has 1 aliphatic rings. The van der Waals surface area contributed by atoms with Crippen molar-refractivity contribution in [2.45, 2.75) is 29.7 Å². The lowest BCUT2D eigenvalue weighted by atomic mass is 9.94. The van der Waals surface area contributed by atoms with Crippen LogP contribution in [-0.4, -0.2) is 41.4 Å². The smallest absolute Gasteiger partial charge is 0.339 e. The van der Waals surface area contributed by atoms with E-state index >= 15 is 0 Å². The molecule has 0 aliphatic carbocycles. The van der Waals surface area contributed by atoms with Crippen molar-refractivity contribution in [3.63, 3.8) is 0 Å². The third-order valence-electron chi connectivity index (χ3n) is 5.81. The molecule has 12 heteroatoms. The zero-order valence-corrected chi connectivity index (χ0v) is 19.5. The fourth-order valence-electron chi connectivity index (χ4n) is 3.98. The highest BCUT2D eigenvalue weighted by Gasteiger charge is 2.41. The SMILES string of the molecule is Cn1cnc(S(=O)(=O)N2C[C@H](NCc3ccc(C(F)(F)F)cc3Cl)[C@@H](c3ccc(F)cc3)C2)c1. The highest BCUT2D eigenvalue weighted by molar-refractivity contribution is 7.89. The molecule has 0 unspecified atom stereocenters. The Kier molecular flexibility index (Phi) is 6.74. The largest absolute Gasteiger partial charge is 0.416 e. The van der Waals surface area contributed by atoms with Gasteiger partial charge in [-0.25, -0.2) is 17.8 Å². The third-order valence-corrected chi connectivity index (χ3v) is 7.87. The Labute approximate surface area is 199 Å². The summed E-state index contributed by atoms with van der Waals surface area (Å²) in [4.78, 5) is 3.95. The summed E-state index contributed by atoms with van der Waals surface area (Å²) in [6.45, 7) is 0.346. The number of hydrogen-bond donors (Lipinski definition) is 1. The van der Waals surface area contributed by atoms with Crippen LogP contribution in [0.3, 0.4) is 0 Å². The lowest BCUT2D eigenvalue weighted by Crippen LogP contribution is -2.36. The van der Waals surface area contributed by atoms with Gasteiger partial charge in [0, 0.05) is 49.9 Å². The van der Waals surface area contributed by atoms with Gasteiger partial charge in [0.25, 0.3) is 10.0 Å². The Morgan fingerprint density at radius 3 is 2.44 bits per heavy atom. The Hall–Kier alpha value is -2.47. The highest BCUT2D eigenvalue weighted by atomic mass is 35.5. The number of hydrogen-bond acceptors (Lipinski definition) is 4. The molecule has 34 heavy (non-hydrogen) atoms. The van der Waals surface area contributed by atoms with Gasteiger partial charge in [0.2, 0.25) is 0 Å². The van der Waals surface area contributed by atoms with Crippen LogP contribution >= 0.6 is 11.6 Å². The van der Waals surface area contributed by atoms with Gasteiger partial charge < -0.3 is 9.88 Å². The molecule has 1 fully saturated rings. The van der Waals surface area contributed by atoms with Gasteiger partial charge in [-0.2, -0.15) is 17.5 Å². The number of rotatable bonds is 6. The molecule has 2 heterocycles. The quantitative estimate of drug-likeness (QED) is 0.499. The molecule has 6 nitrogen and oxygen atoms in total. The molecule has 0 amide bonds. The molecule has 2 aromatic carbocycles. The van der Waals surface area contributed by atoms with E-state index in [9.17, 15) is 26.0 Å². The maximum absolute atomic E-state index is 13.5. The molecule has 0 spiro atoms. The number of aromatic nitrogens is 2. The molecule has 0 radical (unpaired) electrons. The average Bonchev–Trinajstić information content (AvgIpc) is 3.40. The second kappa shape index (κ2) is 9.29. The number of nitrogens with zero attached hydrogens (tertiary/aromatic N) is 3. The van der Waals surface area contributed by atoms with E-state index in [1.807, 2.05) is 0 Å². The van der Waals surface area contributed by atoms with Crippen LogP contribution < -0.4 is 5.32 Å². The maximum atomic E-state index is 13.5. The van der Waals surface area contributed by atoms with Gasteiger partial charge in [0.05, 0.1) is 11.9 Å². The number of imidazole rings is 1. The molecule has 2 atom stereocenters. The molecule has 4 rings (SSSR count). The summed E-state index contributed by atoms with van der Waals surface area (Å²) in [5.74, 6) is -0.743. The molecule has 3 aromatic rings. The van der Waals surface area contributed by atoms with Crippen LogP contribution in [0.4, 0.5) is 17.6 Å². The molecule has 1 N–H and O–H groups in total. The molecular formula is C22H21ClF4N4O2S. The van der Waals surface area contributed by atoms with Crippen LogP contribution in [0.5, 0.6) is 0 Å². The summed E-state index contributed by atoms with van der Waals surface area (Å²) in [6, 6.07) is 8.50. The first-order valence-electron chi connectivity index (χ1n) is 10.3. The summed E-state index contributed by atoms with van der Waals surface area (Å²) >= 11 is 6.08. The second-order valence-corrected chi connectivity index (χ2v) is 10.4. The lowest BCUT2D eigenvalue weighted by Gasteiger charge is -2.21. The lowest BCUT2D eigenvalue weighted by molar-refractivity contribution is -0.137. The molecule has 182 valence electrons. The molecular weight excluding hydrogens is 496 g/mol. The highest BCUT2D eigenvalue weighted by Crippen LogP contribution is 2.34. The first-order chi connectivity index (χ1) is 15.9. The Morgan fingerprint density at radius 2 is 1.85 bits per heavy atom. The molecule has 0 bridgehead atoms. The summed E-state index contributed by atoms with van der Waals surface area (Å²) in [5.41, 5.74) is 0.327. The van der Waals surface area contributed by atoms with E-state index in [0.29, 0.717) is 5.56 Å². The number of nitrogens with one attached hydrogen (secondary N) is 1. The molecule has 1 aromatic heterocycles. The van der Waals surface area contributed by atoms with Gasteiger partial charge in [-0.15, -0.1) is 0 Å². The van der Waals surface area contributed by atoms with Crippen molar-refractivity contribution >= 4 is 21.6 Å². The Balaban J connectivity index is 1.58. The predicted molar refractivity (Wildman–Crippen MR) is 118 cm³/mol. The zero-order valence-electron chi connectivity index (χ0n) is 17.9. The van der Waals surface area contributed by atoms with Gasteiger partial charge in [0.15, 0.2) is 5.03 Å². The minimum Gasteiger partial charge on any atom is -0.339 e. The maximum Gasteiger partial charge on any atom is 0.416 e. The van der Waals surface area contributed by atoms with Gasteiger partial charge in [-0.1, -0.05) is 29.8 Å². The molecule has 0 saturated carbocycles. The van der Waals surface area contributed by atoms with E-state index in [-0.39, 0.29) is 35.6 Å². The number of benzene rings is 2. The van der Waals surface area contributed by atoms with Crippen LogP contribution in [-0.2, 0) is 29.8 Å². The average molecular weight is 517 g/mol. The van der Waals surface area contributed by atoms with E-state index in [1.165, 1.54) is 39.6 Å². The predicted octanol–water partition coefficient (Wildman–Crippen LogP) is 4.18. The number of aryl methyl sites for hydroxylation is 1. The van der Waals surface area contributed by atoms with Gasteiger partial charge in [-0.05, 0) is 35.4 Å². The second-order valence-electron chi connectivity index (χ2n) is 8.15. The van der Waals surface area contributed by atoms with E-state index < -0.39 is 33.6 Å². The van der Waals surface area contributed by atoms with Crippen LogP contribution in [0.1, 0.15) is 22.6 Å². The van der Waals surface area contributed by atoms with E-state index in [4.69, 9.17) is 11.6 Å². The van der Waals surface area contributed by atoms with Gasteiger partial charge in [-0.3, -0.25) is 0 Å². The minimum absolute atomic E-state index is 0.0448. The van der Waals surface area contributed by atoms with Crippen molar-refractivity contribution in [2.75, 3.05) is 13.1 Å². The fourth-order valence-corrected chi connectivity index (χ4v) is 5.69. The van der Waals surface area contributed by atoms with E-state index in [1.54, 1.807) is 19.2 Å². The first kappa shape index (κ1) is 24.6. The van der Waals surface area contributed by atoms with Crippen molar-refractivity contribution in [3.8, 4) is 0 Å². The van der Waals surface area contributed by atoms with Crippen LogP contribution in [0.25, 0.3) is 0 Å². The fraction of sp³-hybridized carbons (Fsp3) is 0.318. The normalized spacial score (nSPS) is 19.6. The van der Waals surface area contributed by atoms with Crippen molar-refractivity contribution in [3.05, 3.63) is 82.5 Å². The summed E-state index contributed by atoms with van der Waals surface area (Å²) in [7, 11) is -2.21. The van der Waals surface area contributed by atoms with Crippen LogP contribution in [0.2, 0.25) is 5.02 Å². The first-order valence-corrected chi connectivity index (χ1v) is 12.1. The zero-order chi connectivity index (χ0) is 24.7. The summed E-state index contributed by atoms with van der Waals surface area (Å²) in [6.07, 6.45) is -1.71. The Morgan fingerprint density at radius 1 is 1.15 bits per heavy atom. The molecule has 1 saturated heterocycles. The number of alkyl halides is 3. The number of halogens is 5. The van der Waals surface area contributed by atoms with Crippen LogP contribution in [0.15, 0.2) is 60.0 Å². The van der Waals surface area contributed by atoms with E-state index in [0.717, 1.165) is 17.7 Å². The van der Waals surface area contributed by atoms with Crippen LogP contribution in [0, 0.1) is 5.82 Å². The topological polar surface area (TPSA) is 67.2 Å². The number of sulfonamides is 1. The minimum atomic E-state index is -4.50. The third kappa shape index (κ3) is 5.12. The summed E-state index contributed by atoms with van der Waals surface area (Å²) in [5, 5.41) is 3.10. The molecule has 1 aliphatic heterocycles. The Bertz CT molecular complexity index is 1280. The van der Waals surface area contributed by atoms with Crippen molar-refractivity contribution in [1.82, 2.24) is 19.2 Å².